The summed E-state index contributed by atoms with van der Waals surface area (Å²) in [6, 6.07) is 29.5. The second-order valence-corrected chi connectivity index (χ2v) is 6.55. The number of benzene rings is 3. The highest BCUT2D eigenvalue weighted by atomic mass is 15.0. The van der Waals surface area contributed by atoms with Crippen LogP contribution >= 0.6 is 0 Å². The minimum Gasteiger partial charge on any atom is -0.372 e. The van der Waals surface area contributed by atoms with Gasteiger partial charge < -0.3 is 5.32 Å². The first-order valence-electron chi connectivity index (χ1n) is 8.87. The molecule has 0 aliphatic carbocycles. The number of hydrogen-bond acceptors (Lipinski definition) is 2. The van der Waals surface area contributed by atoms with E-state index < -0.39 is 0 Å². The fourth-order valence-electron chi connectivity index (χ4n) is 3.56. The van der Waals surface area contributed by atoms with E-state index in [-0.39, 0.29) is 6.04 Å². The number of anilines is 1. The lowest BCUT2D eigenvalue weighted by Gasteiger charge is -2.24. The number of hydrogen-bond donors (Lipinski definition) is 1. The Balaban J connectivity index is 1.55. The summed E-state index contributed by atoms with van der Waals surface area (Å²) in [6.07, 6.45) is 4.38. The van der Waals surface area contributed by atoms with E-state index in [0.717, 1.165) is 17.0 Å². The third-order valence-corrected chi connectivity index (χ3v) is 4.89. The van der Waals surface area contributed by atoms with Crippen LogP contribution in [0, 0.1) is 0 Å². The Morgan fingerprint density at radius 2 is 1.58 bits per heavy atom. The summed E-state index contributed by atoms with van der Waals surface area (Å²) in [5.74, 6) is 0. The van der Waals surface area contributed by atoms with Gasteiger partial charge in [0.05, 0.1) is 23.1 Å². The first-order valence-corrected chi connectivity index (χ1v) is 8.87. The van der Waals surface area contributed by atoms with Gasteiger partial charge in [0.1, 0.15) is 0 Å². The van der Waals surface area contributed by atoms with Gasteiger partial charge in [-0.15, -0.1) is 0 Å². The Labute approximate surface area is 152 Å². The van der Waals surface area contributed by atoms with Crippen LogP contribution < -0.4 is 5.32 Å². The highest BCUT2D eigenvalue weighted by Gasteiger charge is 2.18. The number of fused-ring (bicyclic) bond motifs is 3. The van der Waals surface area contributed by atoms with Crippen molar-refractivity contribution in [3.05, 3.63) is 102 Å². The van der Waals surface area contributed by atoms with E-state index in [2.05, 4.69) is 84.2 Å². The molecule has 0 saturated heterocycles. The van der Waals surface area contributed by atoms with Crippen LogP contribution in [0.15, 0.2) is 91.0 Å². The van der Waals surface area contributed by atoms with Gasteiger partial charge in [0.15, 0.2) is 0 Å². The van der Waals surface area contributed by atoms with E-state index in [1.807, 2.05) is 18.2 Å². The molecule has 1 atom stereocenters. The molecule has 1 aromatic heterocycles. The largest absolute Gasteiger partial charge is 0.372 e. The lowest BCUT2D eigenvalue weighted by molar-refractivity contribution is 0.923. The average Bonchev–Trinajstić information content (AvgIpc) is 2.74. The molecule has 26 heavy (non-hydrogen) atoms. The van der Waals surface area contributed by atoms with Gasteiger partial charge >= 0.3 is 0 Å². The lowest BCUT2D eigenvalue weighted by atomic mass is 9.98. The van der Waals surface area contributed by atoms with Crippen molar-refractivity contribution in [2.75, 3.05) is 5.32 Å². The van der Waals surface area contributed by atoms with Crippen molar-refractivity contribution in [3.63, 3.8) is 0 Å². The normalized spacial score (nSPS) is 15.5. The van der Waals surface area contributed by atoms with Gasteiger partial charge in [-0.3, -0.25) is 4.98 Å². The smallest absolute Gasteiger partial charge is 0.0873 e. The van der Waals surface area contributed by atoms with Gasteiger partial charge in [0.25, 0.3) is 0 Å². The van der Waals surface area contributed by atoms with Crippen molar-refractivity contribution in [2.24, 2.45) is 0 Å². The maximum absolute atomic E-state index is 4.91. The van der Waals surface area contributed by atoms with Crippen molar-refractivity contribution >= 4 is 22.5 Å². The number of nitrogens with zero attached hydrogens (tertiary/aromatic N) is 1. The van der Waals surface area contributed by atoms with Crippen LogP contribution in [0.4, 0.5) is 5.69 Å². The van der Waals surface area contributed by atoms with E-state index in [1.54, 1.807) is 0 Å². The fraction of sp³-hybridized carbons (Fsp3) is 0.0417. The predicted octanol–water partition coefficient (Wildman–Crippen LogP) is 6.08. The summed E-state index contributed by atoms with van der Waals surface area (Å²) in [5.41, 5.74) is 5.57. The fourth-order valence-corrected chi connectivity index (χ4v) is 3.56. The molecule has 1 aliphatic heterocycles. The topological polar surface area (TPSA) is 24.9 Å². The Hall–Kier alpha value is -3.39. The van der Waals surface area contributed by atoms with E-state index >= 15 is 0 Å². The zero-order chi connectivity index (χ0) is 17.3. The molecule has 0 fully saturated rings. The summed E-state index contributed by atoms with van der Waals surface area (Å²) in [7, 11) is 0. The Morgan fingerprint density at radius 3 is 2.50 bits per heavy atom. The molecule has 5 rings (SSSR count). The molecule has 1 N–H and O–H groups in total. The monoisotopic (exact) mass is 334 g/mol. The maximum Gasteiger partial charge on any atom is 0.0873 e. The molecule has 0 radical (unpaired) electrons. The van der Waals surface area contributed by atoms with Crippen LogP contribution in [0.3, 0.4) is 0 Å². The Morgan fingerprint density at radius 1 is 0.731 bits per heavy atom. The van der Waals surface area contributed by atoms with Crippen molar-refractivity contribution < 1.29 is 0 Å². The molecular formula is C24H18N2. The van der Waals surface area contributed by atoms with E-state index in [1.165, 1.54) is 22.0 Å². The minimum absolute atomic E-state index is 0.0666. The van der Waals surface area contributed by atoms with Crippen molar-refractivity contribution in [3.8, 4) is 11.3 Å². The van der Waals surface area contributed by atoms with E-state index in [0.29, 0.717) is 0 Å². The van der Waals surface area contributed by atoms with Gasteiger partial charge in [0.2, 0.25) is 0 Å². The third-order valence-electron chi connectivity index (χ3n) is 4.89. The molecule has 2 heteroatoms. The minimum atomic E-state index is 0.0666. The van der Waals surface area contributed by atoms with E-state index in [4.69, 9.17) is 4.98 Å². The third kappa shape index (κ3) is 2.56. The van der Waals surface area contributed by atoms with E-state index in [9.17, 15) is 0 Å². The van der Waals surface area contributed by atoms with Gasteiger partial charge in [-0.1, -0.05) is 84.9 Å². The molecule has 0 amide bonds. The molecular weight excluding hydrogens is 316 g/mol. The first-order chi connectivity index (χ1) is 12.9. The summed E-state index contributed by atoms with van der Waals surface area (Å²) >= 11 is 0. The van der Waals surface area contributed by atoms with Gasteiger partial charge in [-0.25, -0.2) is 0 Å². The number of aromatic nitrogens is 1. The number of nitrogens with one attached hydrogen (secondary N) is 1. The summed E-state index contributed by atoms with van der Waals surface area (Å²) in [6.45, 7) is 0. The van der Waals surface area contributed by atoms with Crippen LogP contribution in [0.25, 0.3) is 28.1 Å². The molecule has 0 saturated carbocycles. The highest BCUT2D eigenvalue weighted by molar-refractivity contribution is 5.99. The Bertz CT molecular complexity index is 1110. The highest BCUT2D eigenvalue weighted by Crippen LogP contribution is 2.35. The molecule has 4 aromatic rings. The standard InChI is InChI=1S/C24H18N2/c1-2-8-18(9-3-1)21-11-6-12-22(25-21)23-16-15-19-14-13-17-7-4-5-10-20(17)24(19)26-23/h1-16,23,26H. The van der Waals surface area contributed by atoms with Crippen LogP contribution in [0.2, 0.25) is 0 Å². The Kier molecular flexibility index (Phi) is 3.53. The number of rotatable bonds is 2. The van der Waals surface area contributed by atoms with Crippen LogP contribution in [-0.2, 0) is 0 Å². The zero-order valence-corrected chi connectivity index (χ0v) is 14.3. The van der Waals surface area contributed by atoms with Crippen LogP contribution in [0.1, 0.15) is 17.3 Å². The second-order valence-electron chi connectivity index (χ2n) is 6.55. The maximum atomic E-state index is 4.91. The summed E-state index contributed by atoms with van der Waals surface area (Å²) < 4.78 is 0. The van der Waals surface area contributed by atoms with Crippen molar-refractivity contribution in [1.29, 1.82) is 0 Å². The quantitative estimate of drug-likeness (QED) is 0.480. The molecule has 3 aromatic carbocycles. The van der Waals surface area contributed by atoms with Gasteiger partial charge in [0, 0.05) is 10.9 Å². The van der Waals surface area contributed by atoms with Gasteiger partial charge in [-0.2, -0.15) is 0 Å². The molecule has 2 nitrogen and oxygen atoms in total. The van der Waals surface area contributed by atoms with Gasteiger partial charge in [-0.05, 0) is 23.1 Å². The first kappa shape index (κ1) is 14.9. The molecule has 0 spiro atoms. The molecule has 124 valence electrons. The second kappa shape index (κ2) is 6.16. The lowest BCUT2D eigenvalue weighted by Crippen LogP contribution is -2.14. The van der Waals surface area contributed by atoms with Crippen LogP contribution in [-0.4, -0.2) is 4.98 Å². The van der Waals surface area contributed by atoms with Crippen molar-refractivity contribution in [1.82, 2.24) is 4.98 Å². The molecule has 2 heterocycles. The van der Waals surface area contributed by atoms with Crippen LogP contribution in [0.5, 0.6) is 0 Å². The average molecular weight is 334 g/mol. The predicted molar refractivity (Wildman–Crippen MR) is 109 cm³/mol. The molecule has 0 bridgehead atoms. The summed E-state index contributed by atoms with van der Waals surface area (Å²) in [4.78, 5) is 4.91. The van der Waals surface area contributed by atoms with Crippen molar-refractivity contribution in [2.45, 2.75) is 6.04 Å². The molecule has 1 aliphatic rings. The number of pyridine rings is 1. The zero-order valence-electron chi connectivity index (χ0n) is 14.3. The SMILES string of the molecule is C1=CC(c2cccc(-c3ccccc3)n2)Nc2c1ccc1ccccc21. The summed E-state index contributed by atoms with van der Waals surface area (Å²) in [5, 5.41) is 6.18. The molecule has 1 unspecified atom stereocenters.